The smallest absolute Gasteiger partial charge is 0.169 e. The van der Waals surface area contributed by atoms with Crippen LogP contribution in [0, 0.1) is 22.7 Å². The van der Waals surface area contributed by atoms with E-state index in [1.807, 2.05) is 30.3 Å². The maximum absolute atomic E-state index is 9.44. The van der Waals surface area contributed by atoms with E-state index in [1.54, 1.807) is 25.3 Å². The summed E-state index contributed by atoms with van der Waals surface area (Å²) in [4.78, 5) is 0. The molecule has 1 heterocycles. The highest BCUT2D eigenvalue weighted by atomic mass is 16.5. The molecule has 1 aliphatic heterocycles. The summed E-state index contributed by atoms with van der Waals surface area (Å²) in [6.07, 6.45) is 0. The summed E-state index contributed by atoms with van der Waals surface area (Å²) in [5.74, 6) is 3.04. The number of rotatable bonds is 4. The van der Waals surface area contributed by atoms with Crippen molar-refractivity contribution in [3.63, 3.8) is 0 Å². The minimum atomic E-state index is -0.131. The molecule has 0 spiro atoms. The van der Waals surface area contributed by atoms with E-state index in [1.165, 1.54) is 0 Å². The Morgan fingerprint density at radius 1 is 0.634 bits per heavy atom. The van der Waals surface area contributed by atoms with Gasteiger partial charge in [-0.1, -0.05) is 66.7 Å². The minimum Gasteiger partial charge on any atom is -0.493 e. The molecular weight excluding hydrogens is 508 g/mol. The van der Waals surface area contributed by atoms with E-state index in [2.05, 4.69) is 72.8 Å². The molecule has 0 saturated carbocycles. The standard InChI is InChI=1S/C36H22N2O3/c1-39-33-19-24(13-15-30(33)40-27-14-10-25(20-37)26(18-27)21-38)34-35-28-8-4-2-6-22(28)11-16-31(35)41-32-17-12-23-7-3-5-9-29(23)36(32)34/h2-19,34H,1H3. The Labute approximate surface area is 237 Å². The van der Waals surface area contributed by atoms with Gasteiger partial charge in [-0.3, -0.25) is 0 Å². The summed E-state index contributed by atoms with van der Waals surface area (Å²) in [7, 11) is 1.61. The van der Waals surface area contributed by atoms with E-state index in [9.17, 15) is 10.5 Å². The Balaban J connectivity index is 1.42. The largest absolute Gasteiger partial charge is 0.493 e. The number of hydrogen-bond donors (Lipinski definition) is 0. The maximum Gasteiger partial charge on any atom is 0.169 e. The molecule has 5 nitrogen and oxygen atoms in total. The van der Waals surface area contributed by atoms with Crippen molar-refractivity contribution in [2.75, 3.05) is 7.11 Å². The molecule has 6 aromatic carbocycles. The van der Waals surface area contributed by atoms with E-state index in [0.29, 0.717) is 22.8 Å². The van der Waals surface area contributed by atoms with Crippen LogP contribution >= 0.6 is 0 Å². The van der Waals surface area contributed by atoms with E-state index in [4.69, 9.17) is 14.2 Å². The maximum atomic E-state index is 9.44. The third-order valence-electron chi connectivity index (χ3n) is 7.64. The average Bonchev–Trinajstić information content (AvgIpc) is 3.03. The van der Waals surface area contributed by atoms with Crippen molar-refractivity contribution in [1.29, 1.82) is 10.5 Å². The van der Waals surface area contributed by atoms with Crippen molar-refractivity contribution in [3.05, 3.63) is 137 Å². The molecule has 0 bridgehead atoms. The molecule has 0 aliphatic carbocycles. The number of fused-ring (bicyclic) bond motifs is 6. The molecule has 5 heteroatoms. The first-order valence-electron chi connectivity index (χ1n) is 13.2. The zero-order chi connectivity index (χ0) is 27.9. The Bertz CT molecular complexity index is 2000. The molecule has 0 amide bonds. The molecule has 7 rings (SSSR count). The predicted molar refractivity (Wildman–Crippen MR) is 158 cm³/mol. The van der Waals surface area contributed by atoms with Gasteiger partial charge in [-0.05, 0) is 69.6 Å². The van der Waals surface area contributed by atoms with Crippen molar-refractivity contribution in [1.82, 2.24) is 0 Å². The molecule has 194 valence electrons. The highest BCUT2D eigenvalue weighted by Gasteiger charge is 2.32. The second kappa shape index (κ2) is 9.75. The van der Waals surface area contributed by atoms with Gasteiger partial charge in [0.15, 0.2) is 11.5 Å². The Morgan fingerprint density at radius 2 is 1.27 bits per heavy atom. The molecule has 0 aromatic heterocycles. The van der Waals surface area contributed by atoms with Crippen LogP contribution in [-0.4, -0.2) is 7.11 Å². The van der Waals surface area contributed by atoms with Gasteiger partial charge >= 0.3 is 0 Å². The van der Waals surface area contributed by atoms with Crippen LogP contribution in [0.4, 0.5) is 0 Å². The number of nitriles is 2. The van der Waals surface area contributed by atoms with E-state index >= 15 is 0 Å². The van der Waals surface area contributed by atoms with Gasteiger partial charge < -0.3 is 14.2 Å². The average molecular weight is 531 g/mol. The Hall–Kier alpha value is -5.78. The van der Waals surface area contributed by atoms with Gasteiger partial charge in [0.2, 0.25) is 0 Å². The third-order valence-corrected chi connectivity index (χ3v) is 7.64. The fourth-order valence-electron chi connectivity index (χ4n) is 5.77. The molecule has 0 fully saturated rings. The molecule has 6 aromatic rings. The number of ether oxygens (including phenoxy) is 3. The lowest BCUT2D eigenvalue weighted by Gasteiger charge is -2.31. The molecule has 41 heavy (non-hydrogen) atoms. The zero-order valence-corrected chi connectivity index (χ0v) is 22.1. The van der Waals surface area contributed by atoms with Crippen LogP contribution in [-0.2, 0) is 0 Å². The fourth-order valence-corrected chi connectivity index (χ4v) is 5.77. The van der Waals surface area contributed by atoms with Gasteiger partial charge in [0.1, 0.15) is 29.4 Å². The first-order valence-corrected chi connectivity index (χ1v) is 13.2. The van der Waals surface area contributed by atoms with Crippen molar-refractivity contribution in [2.24, 2.45) is 0 Å². The van der Waals surface area contributed by atoms with E-state index < -0.39 is 0 Å². The Morgan fingerprint density at radius 3 is 1.88 bits per heavy atom. The third kappa shape index (κ3) is 4.00. The van der Waals surface area contributed by atoms with Gasteiger partial charge in [0.05, 0.1) is 18.2 Å². The summed E-state index contributed by atoms with van der Waals surface area (Å²) in [5, 5.41) is 23.3. The topological polar surface area (TPSA) is 75.3 Å². The molecular formula is C36H22N2O3. The molecule has 0 saturated heterocycles. The van der Waals surface area contributed by atoms with Crippen LogP contribution in [0.1, 0.15) is 33.7 Å². The van der Waals surface area contributed by atoms with Gasteiger partial charge in [-0.25, -0.2) is 0 Å². The summed E-state index contributed by atoms with van der Waals surface area (Å²) in [5.41, 5.74) is 3.81. The molecule has 0 unspecified atom stereocenters. The molecule has 0 atom stereocenters. The number of benzene rings is 6. The van der Waals surface area contributed by atoms with E-state index in [0.717, 1.165) is 49.7 Å². The summed E-state index contributed by atoms with van der Waals surface area (Å²) < 4.78 is 18.5. The van der Waals surface area contributed by atoms with Crippen molar-refractivity contribution >= 4 is 21.5 Å². The van der Waals surface area contributed by atoms with Crippen LogP contribution in [0.25, 0.3) is 21.5 Å². The van der Waals surface area contributed by atoms with Crippen LogP contribution in [0.5, 0.6) is 28.7 Å². The SMILES string of the molecule is COc1cc(C2c3c(ccc4ccccc34)Oc3ccc4ccccc4c32)ccc1Oc1ccc(C#N)c(C#N)c1. The van der Waals surface area contributed by atoms with Crippen molar-refractivity contribution in [3.8, 4) is 40.9 Å². The highest BCUT2D eigenvalue weighted by Crippen LogP contribution is 2.53. The summed E-state index contributed by atoms with van der Waals surface area (Å²) >= 11 is 0. The summed E-state index contributed by atoms with van der Waals surface area (Å²) in [6, 6.07) is 39.9. The summed E-state index contributed by atoms with van der Waals surface area (Å²) in [6.45, 7) is 0. The van der Waals surface area contributed by atoms with Crippen LogP contribution in [0.3, 0.4) is 0 Å². The second-order valence-electron chi connectivity index (χ2n) is 9.88. The van der Waals surface area contributed by atoms with Gasteiger partial charge in [0, 0.05) is 17.0 Å². The second-order valence-corrected chi connectivity index (χ2v) is 9.88. The minimum absolute atomic E-state index is 0.131. The molecule has 0 N–H and O–H groups in total. The molecule has 1 aliphatic rings. The first-order chi connectivity index (χ1) is 20.2. The lowest BCUT2D eigenvalue weighted by Crippen LogP contribution is -2.13. The highest BCUT2D eigenvalue weighted by molar-refractivity contribution is 5.95. The number of nitrogens with zero attached hydrogens (tertiary/aromatic N) is 2. The fraction of sp³-hybridized carbons (Fsp3) is 0.0556. The van der Waals surface area contributed by atoms with Gasteiger partial charge in [0.25, 0.3) is 0 Å². The van der Waals surface area contributed by atoms with E-state index in [-0.39, 0.29) is 11.5 Å². The number of hydrogen-bond acceptors (Lipinski definition) is 5. The van der Waals surface area contributed by atoms with Gasteiger partial charge in [-0.2, -0.15) is 10.5 Å². The quantitative estimate of drug-likeness (QED) is 0.227. The van der Waals surface area contributed by atoms with Crippen LogP contribution < -0.4 is 14.2 Å². The van der Waals surface area contributed by atoms with Crippen molar-refractivity contribution in [2.45, 2.75) is 5.92 Å². The zero-order valence-electron chi connectivity index (χ0n) is 22.1. The van der Waals surface area contributed by atoms with Crippen LogP contribution in [0.2, 0.25) is 0 Å². The van der Waals surface area contributed by atoms with Crippen molar-refractivity contribution < 1.29 is 14.2 Å². The predicted octanol–water partition coefficient (Wildman–Crippen LogP) is 8.82. The number of methoxy groups -OCH3 is 1. The monoisotopic (exact) mass is 530 g/mol. The normalized spacial score (nSPS) is 12.1. The Kier molecular flexibility index (Phi) is 5.78. The molecule has 0 radical (unpaired) electrons. The lowest BCUT2D eigenvalue weighted by atomic mass is 9.78. The van der Waals surface area contributed by atoms with Crippen LogP contribution in [0.15, 0.2) is 109 Å². The first kappa shape index (κ1) is 24.3. The lowest BCUT2D eigenvalue weighted by molar-refractivity contribution is 0.378. The van der Waals surface area contributed by atoms with Gasteiger partial charge in [-0.15, -0.1) is 0 Å².